The predicted molar refractivity (Wildman–Crippen MR) is 84.7 cm³/mol. The van der Waals surface area contributed by atoms with Gasteiger partial charge in [0.15, 0.2) is 0 Å². The number of hydrogen-bond acceptors (Lipinski definition) is 5. The van der Waals surface area contributed by atoms with Crippen LogP contribution in [0.1, 0.15) is 19.4 Å². The molecule has 3 rings (SSSR count). The summed E-state index contributed by atoms with van der Waals surface area (Å²) in [5, 5.41) is 4.34. The number of carbonyl (C=O) groups excluding carboxylic acids is 1. The monoisotopic (exact) mass is 312 g/mol. The zero-order valence-electron chi connectivity index (χ0n) is 12.8. The highest BCUT2D eigenvalue weighted by Crippen LogP contribution is 2.21. The molecule has 0 radical (unpaired) electrons. The minimum absolute atomic E-state index is 0.198. The minimum Gasteiger partial charge on any atom is -0.335 e. The number of aromatic nitrogens is 3. The molecule has 0 saturated carbocycles. The van der Waals surface area contributed by atoms with Gasteiger partial charge in [-0.05, 0) is 31.5 Å². The van der Waals surface area contributed by atoms with E-state index in [-0.39, 0.29) is 12.3 Å². The second-order valence-corrected chi connectivity index (χ2v) is 5.76. The third-order valence-corrected chi connectivity index (χ3v) is 3.56. The molecule has 7 nitrogen and oxygen atoms in total. The molecule has 2 heterocycles. The smallest absolute Gasteiger partial charge is 0.321 e. The molecule has 0 aliphatic heterocycles. The zero-order chi connectivity index (χ0) is 16.6. The second-order valence-electron chi connectivity index (χ2n) is 5.76. The Labute approximate surface area is 131 Å². The van der Waals surface area contributed by atoms with Crippen LogP contribution in [0.2, 0.25) is 0 Å². The van der Waals surface area contributed by atoms with E-state index in [0.29, 0.717) is 11.1 Å². The minimum atomic E-state index is -0.477. The zero-order valence-corrected chi connectivity index (χ0v) is 12.8. The van der Waals surface area contributed by atoms with Crippen LogP contribution >= 0.6 is 0 Å². The number of nitrogens with zero attached hydrogens (tertiary/aromatic N) is 3. The number of rotatable bonds is 4. The van der Waals surface area contributed by atoms with Gasteiger partial charge in [0.05, 0.1) is 0 Å². The van der Waals surface area contributed by atoms with Gasteiger partial charge in [0.25, 0.3) is 0 Å². The lowest BCUT2D eigenvalue weighted by atomic mass is 9.95. The van der Waals surface area contributed by atoms with Crippen molar-refractivity contribution in [3.8, 4) is 11.4 Å². The molecule has 23 heavy (non-hydrogen) atoms. The van der Waals surface area contributed by atoms with Crippen molar-refractivity contribution in [3.63, 3.8) is 0 Å². The Kier molecular flexibility index (Phi) is 3.49. The van der Waals surface area contributed by atoms with E-state index in [1.54, 1.807) is 30.5 Å². The highest BCUT2D eigenvalue weighted by molar-refractivity contribution is 5.58. The molecule has 118 valence electrons. The number of nitrogens with two attached hydrogens (primary N) is 1. The summed E-state index contributed by atoms with van der Waals surface area (Å²) in [7, 11) is 0. The van der Waals surface area contributed by atoms with Crippen LogP contribution in [0.15, 0.2) is 47.4 Å². The van der Waals surface area contributed by atoms with Gasteiger partial charge in [-0.15, -0.1) is 9.83 Å². The fourth-order valence-electron chi connectivity index (χ4n) is 2.34. The molecule has 1 aromatic carbocycles. The first-order valence-electron chi connectivity index (χ1n) is 7.03. The molecular weight excluding hydrogens is 296 g/mol. The molecule has 3 aromatic rings. The maximum atomic E-state index is 12.4. The largest absolute Gasteiger partial charge is 0.335 e. The van der Waals surface area contributed by atoms with Crippen LogP contribution in [-0.4, -0.2) is 20.8 Å². The number of hydrogen-bond donors (Lipinski definition) is 1. The summed E-state index contributed by atoms with van der Waals surface area (Å²) in [6.07, 6.45) is 1.66. The van der Waals surface area contributed by atoms with Crippen molar-refractivity contribution in [1.82, 2.24) is 14.3 Å². The molecule has 0 aliphatic rings. The Balaban J connectivity index is 2.20. The maximum absolute atomic E-state index is 12.4. The maximum Gasteiger partial charge on any atom is 0.321 e. The van der Waals surface area contributed by atoms with E-state index in [9.17, 15) is 9.59 Å². The summed E-state index contributed by atoms with van der Waals surface area (Å²) in [5.41, 5.74) is 7.01. The fraction of sp³-hybridized carbons (Fsp3) is 0.188. The first-order valence-corrected chi connectivity index (χ1v) is 7.03. The molecule has 0 atom stereocenters. The summed E-state index contributed by atoms with van der Waals surface area (Å²) >= 11 is 0. The second kappa shape index (κ2) is 5.36. The molecule has 0 amide bonds. The van der Waals surface area contributed by atoms with Gasteiger partial charge in [0.1, 0.15) is 5.52 Å². The van der Waals surface area contributed by atoms with Gasteiger partial charge in [0, 0.05) is 17.3 Å². The van der Waals surface area contributed by atoms with Gasteiger partial charge >= 0.3 is 12.0 Å². The van der Waals surface area contributed by atoms with Crippen LogP contribution in [-0.2, 0) is 10.3 Å². The first-order chi connectivity index (χ1) is 10.9. The van der Waals surface area contributed by atoms with Gasteiger partial charge in [-0.25, -0.2) is 4.52 Å². The Morgan fingerprint density at radius 1 is 1.22 bits per heavy atom. The third-order valence-electron chi connectivity index (χ3n) is 3.56. The van der Waals surface area contributed by atoms with Crippen LogP contribution in [0.4, 0.5) is 0 Å². The molecular formula is C16H16N4O3. The van der Waals surface area contributed by atoms with Crippen molar-refractivity contribution in [1.29, 1.82) is 0 Å². The summed E-state index contributed by atoms with van der Waals surface area (Å²) in [4.78, 5) is 28.0. The fourth-order valence-corrected chi connectivity index (χ4v) is 2.34. The first kappa shape index (κ1) is 15.0. The van der Waals surface area contributed by atoms with E-state index >= 15 is 0 Å². The number of carbonyl (C=O) groups is 1. The van der Waals surface area contributed by atoms with Gasteiger partial charge in [0.2, 0.25) is 5.82 Å². The normalized spacial score (nSPS) is 11.6. The summed E-state index contributed by atoms with van der Waals surface area (Å²) < 4.78 is 2.33. The lowest BCUT2D eigenvalue weighted by molar-refractivity contribution is -0.129. The van der Waals surface area contributed by atoms with E-state index in [4.69, 9.17) is 10.6 Å². The summed E-state index contributed by atoms with van der Waals surface area (Å²) in [6.45, 7) is 4.00. The van der Waals surface area contributed by atoms with Crippen LogP contribution in [0, 0.1) is 0 Å². The molecule has 2 aromatic heterocycles. The van der Waals surface area contributed by atoms with Crippen molar-refractivity contribution >= 4 is 12.0 Å². The Hall–Kier alpha value is -2.93. The summed E-state index contributed by atoms with van der Waals surface area (Å²) in [5.74, 6) is 0.229. The lowest BCUT2D eigenvalue weighted by Crippen LogP contribution is -2.31. The molecule has 2 N–H and O–H groups in total. The van der Waals surface area contributed by atoms with Crippen LogP contribution in [0.3, 0.4) is 0 Å². The van der Waals surface area contributed by atoms with Crippen molar-refractivity contribution in [3.05, 3.63) is 58.5 Å². The summed E-state index contributed by atoms with van der Waals surface area (Å²) in [6, 6.07) is 10.6. The van der Waals surface area contributed by atoms with Crippen molar-refractivity contribution < 1.29 is 9.63 Å². The SMILES string of the molecule is CC(C)(N)c1ccc(-c2nn3cccc3c(=O)n2OC=O)cc1. The van der Waals surface area contributed by atoms with Crippen LogP contribution in [0.5, 0.6) is 0 Å². The highest BCUT2D eigenvalue weighted by atomic mass is 16.7. The Bertz CT molecular complexity index is 917. The molecule has 0 bridgehead atoms. The van der Waals surface area contributed by atoms with Crippen molar-refractivity contribution in [2.75, 3.05) is 0 Å². The van der Waals surface area contributed by atoms with E-state index in [1.165, 1.54) is 4.52 Å². The molecule has 7 heteroatoms. The lowest BCUT2D eigenvalue weighted by Gasteiger charge is -2.19. The quantitative estimate of drug-likeness (QED) is 0.724. The van der Waals surface area contributed by atoms with E-state index in [2.05, 4.69) is 5.10 Å². The average Bonchev–Trinajstić information content (AvgIpc) is 2.98. The topological polar surface area (TPSA) is 91.6 Å². The van der Waals surface area contributed by atoms with Gasteiger partial charge in [-0.2, -0.15) is 0 Å². The van der Waals surface area contributed by atoms with E-state index < -0.39 is 11.1 Å². The van der Waals surface area contributed by atoms with E-state index in [0.717, 1.165) is 10.3 Å². The standard InChI is InChI=1S/C16H16N4O3/c1-16(2,17)12-7-5-11(6-8-12)14-18-19-9-3-4-13(19)15(22)20(14)23-10-21/h3-10H,17H2,1-2H3. The van der Waals surface area contributed by atoms with Crippen LogP contribution in [0.25, 0.3) is 16.9 Å². The number of fused-ring (bicyclic) bond motifs is 1. The highest BCUT2D eigenvalue weighted by Gasteiger charge is 2.17. The van der Waals surface area contributed by atoms with Crippen molar-refractivity contribution in [2.45, 2.75) is 19.4 Å². The van der Waals surface area contributed by atoms with Gasteiger partial charge in [-0.1, -0.05) is 24.3 Å². The molecule has 0 fully saturated rings. The number of benzene rings is 1. The molecule has 0 aliphatic carbocycles. The van der Waals surface area contributed by atoms with Gasteiger partial charge < -0.3 is 10.6 Å². The predicted octanol–water partition coefficient (Wildman–Crippen LogP) is 0.942. The molecule has 0 unspecified atom stereocenters. The van der Waals surface area contributed by atoms with E-state index in [1.807, 2.05) is 26.0 Å². The van der Waals surface area contributed by atoms with Gasteiger partial charge in [-0.3, -0.25) is 9.59 Å². The van der Waals surface area contributed by atoms with Crippen molar-refractivity contribution in [2.24, 2.45) is 5.73 Å². The molecule has 0 saturated heterocycles. The Morgan fingerprint density at radius 2 is 1.91 bits per heavy atom. The Morgan fingerprint density at radius 3 is 2.52 bits per heavy atom. The average molecular weight is 312 g/mol. The molecule has 0 spiro atoms. The van der Waals surface area contributed by atoms with Crippen LogP contribution < -0.4 is 16.1 Å². The third kappa shape index (κ3) is 2.62.